The summed E-state index contributed by atoms with van der Waals surface area (Å²) in [5.74, 6) is -2.92. The van der Waals surface area contributed by atoms with Crippen molar-refractivity contribution < 1.29 is 13.6 Å². The minimum absolute atomic E-state index is 0.0644. The Morgan fingerprint density at radius 3 is 2.71 bits per heavy atom. The van der Waals surface area contributed by atoms with Gasteiger partial charge in [0.1, 0.15) is 5.69 Å². The Hall–Kier alpha value is -1.63. The van der Waals surface area contributed by atoms with E-state index in [0.29, 0.717) is 0 Å². The third-order valence-electron chi connectivity index (χ3n) is 2.20. The molecule has 4 nitrogen and oxygen atoms in total. The first-order valence-electron chi connectivity index (χ1n) is 4.56. The van der Waals surface area contributed by atoms with Gasteiger partial charge in [-0.3, -0.25) is 4.79 Å². The highest BCUT2D eigenvalue weighted by Gasteiger charge is 2.22. The fourth-order valence-electron chi connectivity index (χ4n) is 1.38. The number of hydrogen-bond acceptors (Lipinski definition) is 3. The molecule has 0 bridgehead atoms. The summed E-state index contributed by atoms with van der Waals surface area (Å²) in [6, 6.07) is 3.42. The molecule has 2 aromatic rings. The van der Waals surface area contributed by atoms with Crippen molar-refractivity contribution in [2.24, 2.45) is 7.05 Å². The average molecular weight is 302 g/mol. The molecule has 0 amide bonds. The number of carbonyl (C=O) groups excluding carboxylic acids is 1. The Morgan fingerprint density at radius 1 is 1.41 bits per heavy atom. The lowest BCUT2D eigenvalue weighted by atomic mass is 10.1. The molecule has 17 heavy (non-hydrogen) atoms. The van der Waals surface area contributed by atoms with E-state index < -0.39 is 17.4 Å². The molecule has 0 aliphatic heterocycles. The van der Waals surface area contributed by atoms with E-state index in [4.69, 9.17) is 0 Å². The molecule has 0 atom stereocenters. The van der Waals surface area contributed by atoms with Crippen molar-refractivity contribution in [2.75, 3.05) is 0 Å². The predicted molar refractivity (Wildman–Crippen MR) is 58.5 cm³/mol. The summed E-state index contributed by atoms with van der Waals surface area (Å²) in [5, 5.41) is 7.21. The van der Waals surface area contributed by atoms with Gasteiger partial charge in [0.15, 0.2) is 16.2 Å². The topological polar surface area (TPSA) is 47.8 Å². The van der Waals surface area contributed by atoms with Gasteiger partial charge >= 0.3 is 0 Å². The van der Waals surface area contributed by atoms with Crippen molar-refractivity contribution >= 4 is 21.7 Å². The zero-order valence-electron chi connectivity index (χ0n) is 8.62. The lowest BCUT2D eigenvalue weighted by molar-refractivity contribution is 0.102. The van der Waals surface area contributed by atoms with Crippen molar-refractivity contribution in [1.29, 1.82) is 0 Å². The fourth-order valence-corrected chi connectivity index (χ4v) is 1.89. The van der Waals surface area contributed by atoms with Crippen LogP contribution in [0.5, 0.6) is 0 Å². The molecule has 7 heteroatoms. The molecule has 0 unspecified atom stereocenters. The zero-order valence-corrected chi connectivity index (χ0v) is 10.2. The van der Waals surface area contributed by atoms with Gasteiger partial charge in [0.2, 0.25) is 5.78 Å². The second kappa shape index (κ2) is 4.33. The van der Waals surface area contributed by atoms with Gasteiger partial charge < -0.3 is 0 Å². The van der Waals surface area contributed by atoms with E-state index in [-0.39, 0.29) is 15.9 Å². The van der Waals surface area contributed by atoms with Gasteiger partial charge in [-0.2, -0.15) is 0 Å². The quantitative estimate of drug-likeness (QED) is 0.798. The van der Waals surface area contributed by atoms with Crippen LogP contribution in [0.1, 0.15) is 16.1 Å². The predicted octanol–water partition coefficient (Wildman–Crippen LogP) is 2.09. The summed E-state index contributed by atoms with van der Waals surface area (Å²) < 4.78 is 27.8. The number of aryl methyl sites for hydroxylation is 1. The minimum Gasteiger partial charge on any atom is -0.287 e. The molecule has 2 rings (SSSR count). The maximum absolute atomic E-state index is 13.4. The van der Waals surface area contributed by atoms with E-state index in [9.17, 15) is 13.6 Å². The van der Waals surface area contributed by atoms with Crippen molar-refractivity contribution in [1.82, 2.24) is 15.0 Å². The largest absolute Gasteiger partial charge is 0.287 e. The maximum atomic E-state index is 13.4. The molecule has 0 saturated heterocycles. The van der Waals surface area contributed by atoms with Crippen molar-refractivity contribution in [3.8, 4) is 0 Å². The molecule has 1 aromatic heterocycles. The highest BCUT2D eigenvalue weighted by atomic mass is 79.9. The molecule has 0 N–H and O–H groups in total. The SMILES string of the molecule is Cn1nnc(Br)c1C(=O)c1cccc(F)c1F. The molecular weight excluding hydrogens is 296 g/mol. The van der Waals surface area contributed by atoms with Crippen LogP contribution in [0.3, 0.4) is 0 Å². The van der Waals surface area contributed by atoms with Gasteiger partial charge in [-0.15, -0.1) is 5.10 Å². The van der Waals surface area contributed by atoms with E-state index in [1.54, 1.807) is 0 Å². The fraction of sp³-hybridized carbons (Fsp3) is 0.100. The van der Waals surface area contributed by atoms with Gasteiger partial charge in [-0.1, -0.05) is 11.3 Å². The van der Waals surface area contributed by atoms with Gasteiger partial charge in [0.25, 0.3) is 0 Å². The van der Waals surface area contributed by atoms with Crippen LogP contribution in [0.15, 0.2) is 22.8 Å². The van der Waals surface area contributed by atoms with Crippen LogP contribution in [0.4, 0.5) is 8.78 Å². The molecule has 0 radical (unpaired) electrons. The first-order valence-corrected chi connectivity index (χ1v) is 5.35. The zero-order chi connectivity index (χ0) is 12.6. The summed E-state index contributed by atoms with van der Waals surface area (Å²) in [6.07, 6.45) is 0. The van der Waals surface area contributed by atoms with Crippen molar-refractivity contribution in [2.45, 2.75) is 0 Å². The maximum Gasteiger partial charge on any atom is 0.216 e. The van der Waals surface area contributed by atoms with Gasteiger partial charge in [-0.05, 0) is 28.1 Å². The van der Waals surface area contributed by atoms with E-state index in [0.717, 1.165) is 6.07 Å². The second-order valence-corrected chi connectivity index (χ2v) is 4.03. The number of nitrogens with zero attached hydrogens (tertiary/aromatic N) is 3. The summed E-state index contributed by atoms with van der Waals surface area (Å²) >= 11 is 3.03. The van der Waals surface area contributed by atoms with Crippen LogP contribution in [-0.2, 0) is 7.05 Å². The Labute approximate surface area is 103 Å². The molecule has 0 spiro atoms. The van der Waals surface area contributed by atoms with Crippen molar-refractivity contribution in [3.63, 3.8) is 0 Å². The van der Waals surface area contributed by atoms with Gasteiger partial charge in [0, 0.05) is 7.05 Å². The molecule has 0 aliphatic carbocycles. The highest BCUT2D eigenvalue weighted by molar-refractivity contribution is 9.10. The van der Waals surface area contributed by atoms with E-state index in [1.807, 2.05) is 0 Å². The van der Waals surface area contributed by atoms with Crippen LogP contribution in [0.2, 0.25) is 0 Å². The normalized spacial score (nSPS) is 10.6. The lowest BCUT2D eigenvalue weighted by Gasteiger charge is -2.03. The number of halogens is 3. The summed E-state index contributed by atoms with van der Waals surface area (Å²) in [4.78, 5) is 12.0. The van der Waals surface area contributed by atoms with Crippen LogP contribution >= 0.6 is 15.9 Å². The van der Waals surface area contributed by atoms with E-state index >= 15 is 0 Å². The number of aromatic nitrogens is 3. The van der Waals surface area contributed by atoms with Crippen LogP contribution < -0.4 is 0 Å². The Bertz CT molecular complexity index is 578. The number of hydrogen-bond donors (Lipinski definition) is 0. The van der Waals surface area contributed by atoms with Gasteiger partial charge in [-0.25, -0.2) is 13.5 Å². The second-order valence-electron chi connectivity index (χ2n) is 3.28. The summed E-state index contributed by atoms with van der Waals surface area (Å²) in [5.41, 5.74) is -0.286. The number of rotatable bonds is 2. The first kappa shape index (κ1) is 11.8. The van der Waals surface area contributed by atoms with E-state index in [2.05, 4.69) is 26.2 Å². The summed E-state index contributed by atoms with van der Waals surface area (Å²) in [7, 11) is 1.49. The Morgan fingerprint density at radius 2 is 2.12 bits per heavy atom. The average Bonchev–Trinajstić information content (AvgIpc) is 2.62. The third kappa shape index (κ3) is 1.97. The molecule has 1 heterocycles. The van der Waals surface area contributed by atoms with Crippen LogP contribution in [-0.4, -0.2) is 20.8 Å². The van der Waals surface area contributed by atoms with Crippen molar-refractivity contribution in [3.05, 3.63) is 45.7 Å². The molecule has 1 aromatic carbocycles. The molecule has 88 valence electrons. The third-order valence-corrected chi connectivity index (χ3v) is 2.73. The summed E-state index contributed by atoms with van der Waals surface area (Å²) in [6.45, 7) is 0. The minimum atomic E-state index is -1.18. The molecule has 0 aliphatic rings. The number of carbonyl (C=O) groups is 1. The van der Waals surface area contributed by atoms with Crippen LogP contribution in [0, 0.1) is 11.6 Å². The monoisotopic (exact) mass is 301 g/mol. The highest BCUT2D eigenvalue weighted by Crippen LogP contribution is 2.19. The molecule has 0 saturated carbocycles. The number of benzene rings is 1. The standard InChI is InChI=1S/C10H6BrF2N3O/c1-16-8(10(11)14-15-16)9(17)5-3-2-4-6(12)7(5)13/h2-4H,1H3. The Kier molecular flexibility index (Phi) is 3.01. The lowest BCUT2D eigenvalue weighted by Crippen LogP contribution is -2.11. The first-order chi connectivity index (χ1) is 8.02. The Balaban J connectivity index is 2.55. The molecular formula is C10H6BrF2N3O. The van der Waals surface area contributed by atoms with Crippen LogP contribution in [0.25, 0.3) is 0 Å². The smallest absolute Gasteiger partial charge is 0.216 e. The van der Waals surface area contributed by atoms with Gasteiger partial charge in [0.05, 0.1) is 5.56 Å². The van der Waals surface area contributed by atoms with E-state index in [1.165, 1.54) is 23.9 Å². The molecule has 0 fully saturated rings. The number of ketones is 1.